The van der Waals surface area contributed by atoms with Crippen molar-refractivity contribution in [3.8, 4) is 0 Å². The van der Waals surface area contributed by atoms with Crippen molar-refractivity contribution in [3.05, 3.63) is 12.2 Å². The van der Waals surface area contributed by atoms with Crippen molar-refractivity contribution in [1.82, 2.24) is 5.73 Å². The molecule has 0 aromatic rings. The fourth-order valence-electron chi connectivity index (χ4n) is 0.212. The van der Waals surface area contributed by atoms with Crippen molar-refractivity contribution in [2.24, 2.45) is 0 Å². The lowest BCUT2D eigenvalue weighted by molar-refractivity contribution is -0.135. The van der Waals surface area contributed by atoms with Crippen LogP contribution < -0.4 is 5.73 Å². The SMILES string of the molecule is COC(=O)/C=C/C([NH])=O. The van der Waals surface area contributed by atoms with Crippen molar-refractivity contribution >= 4 is 11.9 Å². The smallest absolute Gasteiger partial charge is 0.330 e. The van der Waals surface area contributed by atoms with E-state index in [0.717, 1.165) is 12.2 Å². The molecule has 0 aliphatic rings. The van der Waals surface area contributed by atoms with E-state index in [1.807, 2.05) is 0 Å². The molecule has 0 aromatic carbocycles. The summed E-state index contributed by atoms with van der Waals surface area (Å²) in [6, 6.07) is 0. The Hall–Kier alpha value is -1.32. The molecule has 49 valence electrons. The van der Waals surface area contributed by atoms with Crippen LogP contribution in [0.25, 0.3) is 0 Å². The van der Waals surface area contributed by atoms with E-state index in [1.54, 1.807) is 0 Å². The maximum absolute atomic E-state index is 10.2. The zero-order valence-corrected chi connectivity index (χ0v) is 4.88. The Balaban J connectivity index is 3.71. The van der Waals surface area contributed by atoms with Gasteiger partial charge in [-0.2, -0.15) is 0 Å². The van der Waals surface area contributed by atoms with Gasteiger partial charge in [0.2, 0.25) is 0 Å². The summed E-state index contributed by atoms with van der Waals surface area (Å²) in [4.78, 5) is 20.0. The topological polar surface area (TPSA) is 67.2 Å². The van der Waals surface area contributed by atoms with Crippen LogP contribution in [0.4, 0.5) is 0 Å². The summed E-state index contributed by atoms with van der Waals surface area (Å²) in [5, 5.41) is 0. The number of rotatable bonds is 2. The molecule has 1 radical (unpaired) electrons. The molecule has 0 bridgehead atoms. The van der Waals surface area contributed by atoms with Gasteiger partial charge >= 0.3 is 5.97 Å². The lowest BCUT2D eigenvalue weighted by atomic mass is 10.5. The fourth-order valence-corrected chi connectivity index (χ4v) is 0.212. The van der Waals surface area contributed by atoms with Crippen LogP contribution in [-0.2, 0) is 14.3 Å². The van der Waals surface area contributed by atoms with Crippen LogP contribution in [0.1, 0.15) is 0 Å². The molecular weight excluding hydrogens is 122 g/mol. The van der Waals surface area contributed by atoms with Gasteiger partial charge in [0.05, 0.1) is 7.11 Å². The van der Waals surface area contributed by atoms with Crippen molar-refractivity contribution in [1.29, 1.82) is 0 Å². The molecule has 9 heavy (non-hydrogen) atoms. The summed E-state index contributed by atoms with van der Waals surface area (Å²) < 4.78 is 4.14. The zero-order valence-electron chi connectivity index (χ0n) is 4.88. The molecule has 0 aliphatic heterocycles. The largest absolute Gasteiger partial charge is 0.466 e. The molecule has 0 saturated heterocycles. The summed E-state index contributed by atoms with van der Waals surface area (Å²) >= 11 is 0. The number of ether oxygens (including phenoxy) is 1. The Bertz CT molecular complexity index is 150. The summed E-state index contributed by atoms with van der Waals surface area (Å²) in [5.41, 5.74) is 6.31. The molecule has 4 nitrogen and oxygen atoms in total. The van der Waals surface area contributed by atoms with Crippen molar-refractivity contribution < 1.29 is 14.3 Å². The number of methoxy groups -OCH3 is 1. The minimum Gasteiger partial charge on any atom is -0.466 e. The van der Waals surface area contributed by atoms with Gasteiger partial charge in [0.25, 0.3) is 5.91 Å². The number of hydrogen-bond donors (Lipinski definition) is 0. The Morgan fingerprint density at radius 2 is 2.00 bits per heavy atom. The minimum absolute atomic E-state index is 0.629. The van der Waals surface area contributed by atoms with Crippen LogP contribution in [0.3, 0.4) is 0 Å². The molecule has 4 heteroatoms. The first-order valence-electron chi connectivity index (χ1n) is 2.18. The quantitative estimate of drug-likeness (QED) is 0.372. The average molecular weight is 128 g/mol. The van der Waals surface area contributed by atoms with E-state index in [1.165, 1.54) is 7.11 Å². The summed E-state index contributed by atoms with van der Waals surface area (Å²) in [7, 11) is 1.20. The molecule has 0 fully saturated rings. The number of nitrogens with one attached hydrogen (secondary N) is 1. The summed E-state index contributed by atoms with van der Waals surface area (Å²) in [6.45, 7) is 0. The Labute approximate surface area is 52.3 Å². The lowest BCUT2D eigenvalue weighted by Gasteiger charge is -1.85. The number of esters is 1. The highest BCUT2D eigenvalue weighted by atomic mass is 16.5. The molecule has 1 amide bonds. The monoisotopic (exact) mass is 128 g/mol. The first-order valence-corrected chi connectivity index (χ1v) is 2.18. The molecule has 0 atom stereocenters. The molecule has 0 aliphatic carbocycles. The number of hydrogen-bond acceptors (Lipinski definition) is 3. The Kier molecular flexibility index (Phi) is 3.12. The van der Waals surface area contributed by atoms with Crippen molar-refractivity contribution in [3.63, 3.8) is 0 Å². The van der Waals surface area contributed by atoms with Crippen LogP contribution in [0.5, 0.6) is 0 Å². The molecule has 0 aromatic heterocycles. The lowest BCUT2D eigenvalue weighted by Crippen LogP contribution is -1.97. The maximum Gasteiger partial charge on any atom is 0.330 e. The second-order valence-corrected chi connectivity index (χ2v) is 1.22. The number of carbonyl (C=O) groups excluding carboxylic acids is 2. The maximum atomic E-state index is 10.2. The van der Waals surface area contributed by atoms with Gasteiger partial charge in [0, 0.05) is 12.2 Å². The highest BCUT2D eigenvalue weighted by molar-refractivity contribution is 5.93. The van der Waals surface area contributed by atoms with Crippen LogP contribution in [0, 0.1) is 0 Å². The van der Waals surface area contributed by atoms with E-state index in [9.17, 15) is 9.59 Å². The normalized spacial score (nSPS) is 9.44. The number of amides is 1. The standard InChI is InChI=1S/C5H6NO3/c1-9-5(8)3-2-4(6)7/h2-3,6H,1H3/b3-2+. The van der Waals surface area contributed by atoms with Gasteiger partial charge in [0.1, 0.15) is 0 Å². The van der Waals surface area contributed by atoms with E-state index in [0.29, 0.717) is 0 Å². The Morgan fingerprint density at radius 3 is 2.33 bits per heavy atom. The second kappa shape index (κ2) is 3.65. The molecule has 0 saturated carbocycles. The van der Waals surface area contributed by atoms with Crippen molar-refractivity contribution in [2.75, 3.05) is 7.11 Å². The predicted molar refractivity (Wildman–Crippen MR) is 29.3 cm³/mol. The van der Waals surface area contributed by atoms with Gasteiger partial charge in [-0.25, -0.2) is 4.79 Å². The third kappa shape index (κ3) is 4.53. The molecular formula is C5H6NO3. The molecule has 0 spiro atoms. The molecule has 0 rings (SSSR count). The third-order valence-electron chi connectivity index (χ3n) is 0.572. The highest BCUT2D eigenvalue weighted by Crippen LogP contribution is 1.76. The number of carbonyl (C=O) groups is 2. The van der Waals surface area contributed by atoms with E-state index in [-0.39, 0.29) is 0 Å². The average Bonchev–Trinajstić information content (AvgIpc) is 1.83. The highest BCUT2D eigenvalue weighted by Gasteiger charge is 1.91. The predicted octanol–water partition coefficient (Wildman–Crippen LogP) is -0.475. The van der Waals surface area contributed by atoms with E-state index in [4.69, 9.17) is 5.73 Å². The van der Waals surface area contributed by atoms with Gasteiger partial charge in [0.15, 0.2) is 0 Å². The molecule has 1 N–H and O–H groups in total. The second-order valence-electron chi connectivity index (χ2n) is 1.22. The van der Waals surface area contributed by atoms with Gasteiger partial charge in [-0.05, 0) is 0 Å². The third-order valence-corrected chi connectivity index (χ3v) is 0.572. The van der Waals surface area contributed by atoms with Crippen LogP contribution in [-0.4, -0.2) is 19.0 Å². The summed E-state index contributed by atoms with van der Waals surface area (Å²) in [5.74, 6) is -1.55. The first kappa shape index (κ1) is 7.68. The fraction of sp³-hybridized carbons (Fsp3) is 0.200. The summed E-state index contributed by atoms with van der Waals surface area (Å²) in [6.07, 6.45) is 1.72. The zero-order chi connectivity index (χ0) is 7.28. The van der Waals surface area contributed by atoms with E-state index < -0.39 is 11.9 Å². The molecule has 0 unspecified atom stereocenters. The van der Waals surface area contributed by atoms with E-state index >= 15 is 0 Å². The van der Waals surface area contributed by atoms with Gasteiger partial charge < -0.3 is 4.74 Å². The molecule has 0 heterocycles. The van der Waals surface area contributed by atoms with Gasteiger partial charge in [-0.1, -0.05) is 0 Å². The van der Waals surface area contributed by atoms with Crippen LogP contribution in [0.2, 0.25) is 0 Å². The van der Waals surface area contributed by atoms with Crippen LogP contribution >= 0.6 is 0 Å². The van der Waals surface area contributed by atoms with Gasteiger partial charge in [-0.3, -0.25) is 10.5 Å². The Morgan fingerprint density at radius 1 is 1.44 bits per heavy atom. The van der Waals surface area contributed by atoms with E-state index in [2.05, 4.69) is 4.74 Å². The van der Waals surface area contributed by atoms with Gasteiger partial charge in [-0.15, -0.1) is 0 Å². The minimum atomic E-state index is -0.916. The van der Waals surface area contributed by atoms with Crippen LogP contribution in [0.15, 0.2) is 12.2 Å². The first-order chi connectivity index (χ1) is 4.16. The van der Waals surface area contributed by atoms with Crippen molar-refractivity contribution in [2.45, 2.75) is 0 Å².